The van der Waals surface area contributed by atoms with Crippen LogP contribution in [0.5, 0.6) is 0 Å². The van der Waals surface area contributed by atoms with Gasteiger partial charge < -0.3 is 15.5 Å². The number of hydrogen-bond donors (Lipinski definition) is 2. The van der Waals surface area contributed by atoms with Crippen molar-refractivity contribution in [3.8, 4) is 0 Å². The Hall–Kier alpha value is -1.64. The van der Waals surface area contributed by atoms with Crippen molar-refractivity contribution >= 4 is 16.1 Å². The SMILES string of the molecule is CCN(CC)S(=O)(=O)c1ccc(C(C)NC(=O)NCC2CCN(C3CC3)C2)cc1. The quantitative estimate of drug-likeness (QED) is 0.641. The number of likely N-dealkylation sites (tertiary alicyclic amines) is 1. The van der Waals surface area contributed by atoms with Gasteiger partial charge in [0.15, 0.2) is 0 Å². The van der Waals surface area contributed by atoms with Crippen LogP contribution in [0, 0.1) is 5.92 Å². The van der Waals surface area contributed by atoms with Crippen LogP contribution < -0.4 is 10.6 Å². The molecule has 1 saturated heterocycles. The second-order valence-electron chi connectivity index (χ2n) is 8.12. The highest BCUT2D eigenvalue weighted by atomic mass is 32.2. The molecule has 1 aromatic carbocycles. The lowest BCUT2D eigenvalue weighted by Crippen LogP contribution is -2.40. The maximum absolute atomic E-state index is 12.6. The minimum Gasteiger partial charge on any atom is -0.338 e. The lowest BCUT2D eigenvalue weighted by molar-refractivity contribution is 0.235. The highest BCUT2D eigenvalue weighted by Gasteiger charge is 2.34. The molecule has 2 aliphatic rings. The normalized spacial score (nSPS) is 21.3. The van der Waals surface area contributed by atoms with Crippen LogP contribution in [0.25, 0.3) is 0 Å². The molecule has 1 aliphatic carbocycles. The van der Waals surface area contributed by atoms with Gasteiger partial charge in [-0.3, -0.25) is 0 Å². The molecule has 0 bridgehead atoms. The monoisotopic (exact) mass is 422 g/mol. The average Bonchev–Trinajstić information content (AvgIpc) is 3.45. The van der Waals surface area contributed by atoms with Gasteiger partial charge in [0.05, 0.1) is 10.9 Å². The number of rotatable bonds is 9. The summed E-state index contributed by atoms with van der Waals surface area (Å²) in [6.45, 7) is 9.38. The first-order valence-electron chi connectivity index (χ1n) is 10.7. The van der Waals surface area contributed by atoms with Gasteiger partial charge in [0.1, 0.15) is 0 Å². The number of carbonyl (C=O) groups is 1. The molecule has 1 aliphatic heterocycles. The van der Waals surface area contributed by atoms with E-state index in [0.29, 0.717) is 25.6 Å². The standard InChI is InChI=1S/C21H34N4O3S/c1-4-25(5-2)29(27,28)20-10-6-18(7-11-20)16(3)23-21(26)22-14-17-12-13-24(15-17)19-8-9-19/h6-7,10-11,16-17,19H,4-5,8-9,12-15H2,1-3H3,(H2,22,23,26). The molecule has 2 atom stereocenters. The predicted octanol–water partition coefficient (Wildman–Crippen LogP) is 2.56. The minimum atomic E-state index is -3.46. The third kappa shape index (κ3) is 5.49. The number of benzene rings is 1. The Morgan fingerprint density at radius 1 is 1.17 bits per heavy atom. The van der Waals surface area contributed by atoms with Crippen molar-refractivity contribution in [1.82, 2.24) is 19.8 Å². The number of hydrogen-bond acceptors (Lipinski definition) is 4. The topological polar surface area (TPSA) is 81.8 Å². The summed E-state index contributed by atoms with van der Waals surface area (Å²) < 4.78 is 26.6. The van der Waals surface area contributed by atoms with Gasteiger partial charge in [0, 0.05) is 32.2 Å². The average molecular weight is 423 g/mol. The summed E-state index contributed by atoms with van der Waals surface area (Å²) in [7, 11) is -3.46. The van der Waals surface area contributed by atoms with E-state index in [1.54, 1.807) is 24.3 Å². The van der Waals surface area contributed by atoms with Crippen molar-refractivity contribution < 1.29 is 13.2 Å². The van der Waals surface area contributed by atoms with E-state index in [2.05, 4.69) is 15.5 Å². The van der Waals surface area contributed by atoms with Gasteiger partial charge in [-0.15, -0.1) is 0 Å². The first-order valence-corrected chi connectivity index (χ1v) is 12.2. The summed E-state index contributed by atoms with van der Waals surface area (Å²) in [6, 6.07) is 7.18. The van der Waals surface area contributed by atoms with Crippen LogP contribution in [0.15, 0.2) is 29.2 Å². The fourth-order valence-electron chi connectivity index (χ4n) is 4.01. The van der Waals surface area contributed by atoms with Gasteiger partial charge in [-0.25, -0.2) is 13.2 Å². The summed E-state index contributed by atoms with van der Waals surface area (Å²) in [5.41, 5.74) is 0.874. The predicted molar refractivity (Wildman–Crippen MR) is 114 cm³/mol. The molecule has 2 N–H and O–H groups in total. The van der Waals surface area contributed by atoms with Gasteiger partial charge in [0.25, 0.3) is 0 Å². The molecule has 7 nitrogen and oxygen atoms in total. The largest absolute Gasteiger partial charge is 0.338 e. The molecule has 8 heteroatoms. The Morgan fingerprint density at radius 2 is 1.83 bits per heavy atom. The second kappa shape index (κ2) is 9.45. The van der Waals surface area contributed by atoms with Crippen molar-refractivity contribution in [2.75, 3.05) is 32.7 Å². The number of carbonyl (C=O) groups excluding carboxylic acids is 1. The maximum Gasteiger partial charge on any atom is 0.315 e. The first-order chi connectivity index (χ1) is 13.8. The van der Waals surface area contributed by atoms with E-state index in [1.165, 1.54) is 17.1 Å². The molecule has 2 amide bonds. The maximum atomic E-state index is 12.6. The van der Waals surface area contributed by atoms with E-state index < -0.39 is 10.0 Å². The Balaban J connectivity index is 1.48. The smallest absolute Gasteiger partial charge is 0.315 e. The summed E-state index contributed by atoms with van der Waals surface area (Å²) in [5, 5.41) is 5.94. The molecule has 3 rings (SSSR count). The number of nitrogens with one attached hydrogen (secondary N) is 2. The molecule has 1 aromatic rings. The molecule has 162 valence electrons. The van der Waals surface area contributed by atoms with Crippen molar-refractivity contribution in [2.45, 2.75) is 57.0 Å². The molecular formula is C21H34N4O3S. The van der Waals surface area contributed by atoms with E-state index in [1.807, 2.05) is 20.8 Å². The number of amides is 2. The van der Waals surface area contributed by atoms with E-state index >= 15 is 0 Å². The Morgan fingerprint density at radius 3 is 2.41 bits per heavy atom. The molecule has 0 radical (unpaired) electrons. The molecule has 0 aromatic heterocycles. The number of sulfonamides is 1. The fourth-order valence-corrected chi connectivity index (χ4v) is 5.47. The van der Waals surface area contributed by atoms with Crippen molar-refractivity contribution in [1.29, 1.82) is 0 Å². The van der Waals surface area contributed by atoms with Gasteiger partial charge in [-0.1, -0.05) is 26.0 Å². The first kappa shape index (κ1) is 22.1. The van der Waals surface area contributed by atoms with Gasteiger partial charge >= 0.3 is 6.03 Å². The zero-order valence-corrected chi connectivity index (χ0v) is 18.5. The molecule has 2 fully saturated rings. The Kier molecular flexibility index (Phi) is 7.19. The molecule has 2 unspecified atom stereocenters. The summed E-state index contributed by atoms with van der Waals surface area (Å²) in [6.07, 6.45) is 3.80. The van der Waals surface area contributed by atoms with Crippen LogP contribution in [-0.2, 0) is 10.0 Å². The van der Waals surface area contributed by atoms with E-state index in [0.717, 1.165) is 31.1 Å². The summed E-state index contributed by atoms with van der Waals surface area (Å²) >= 11 is 0. The number of nitrogens with zero attached hydrogens (tertiary/aromatic N) is 2. The molecule has 0 spiro atoms. The van der Waals surface area contributed by atoms with Crippen LogP contribution in [0.1, 0.15) is 51.6 Å². The van der Waals surface area contributed by atoms with Crippen LogP contribution in [0.2, 0.25) is 0 Å². The van der Waals surface area contributed by atoms with Crippen LogP contribution in [-0.4, -0.2) is 62.4 Å². The minimum absolute atomic E-state index is 0.179. The molecule has 1 saturated carbocycles. The van der Waals surface area contributed by atoms with Crippen LogP contribution >= 0.6 is 0 Å². The van der Waals surface area contributed by atoms with E-state index in [4.69, 9.17) is 0 Å². The zero-order valence-electron chi connectivity index (χ0n) is 17.7. The molecular weight excluding hydrogens is 388 g/mol. The van der Waals surface area contributed by atoms with E-state index in [9.17, 15) is 13.2 Å². The highest BCUT2D eigenvalue weighted by Crippen LogP contribution is 2.31. The van der Waals surface area contributed by atoms with Crippen LogP contribution in [0.3, 0.4) is 0 Å². The van der Waals surface area contributed by atoms with Gasteiger partial charge in [0.2, 0.25) is 10.0 Å². The second-order valence-corrected chi connectivity index (χ2v) is 10.1. The number of urea groups is 1. The lowest BCUT2D eigenvalue weighted by atomic mass is 10.1. The summed E-state index contributed by atoms with van der Waals surface area (Å²) in [4.78, 5) is 15.1. The van der Waals surface area contributed by atoms with Crippen molar-refractivity contribution in [3.63, 3.8) is 0 Å². The highest BCUT2D eigenvalue weighted by molar-refractivity contribution is 7.89. The summed E-state index contributed by atoms with van der Waals surface area (Å²) in [5.74, 6) is 0.529. The van der Waals surface area contributed by atoms with Crippen LogP contribution in [0.4, 0.5) is 4.79 Å². The molecule has 29 heavy (non-hydrogen) atoms. The third-order valence-electron chi connectivity index (χ3n) is 6.00. The Labute approximate surface area is 174 Å². The Bertz CT molecular complexity index is 789. The van der Waals surface area contributed by atoms with Gasteiger partial charge in [-0.05, 0) is 56.3 Å². The third-order valence-corrected chi connectivity index (χ3v) is 8.07. The fraction of sp³-hybridized carbons (Fsp3) is 0.667. The lowest BCUT2D eigenvalue weighted by Gasteiger charge is -2.20. The zero-order chi connectivity index (χ0) is 21.0. The molecule has 1 heterocycles. The van der Waals surface area contributed by atoms with Crippen molar-refractivity contribution in [3.05, 3.63) is 29.8 Å². The van der Waals surface area contributed by atoms with E-state index in [-0.39, 0.29) is 17.0 Å². The van der Waals surface area contributed by atoms with Gasteiger partial charge in [-0.2, -0.15) is 4.31 Å². The van der Waals surface area contributed by atoms with Crippen molar-refractivity contribution in [2.24, 2.45) is 5.92 Å².